The molecule has 3 fully saturated rings. The Bertz CT molecular complexity index is 574. The minimum absolute atomic E-state index is 0.0789. The van der Waals surface area contributed by atoms with E-state index in [9.17, 15) is 4.79 Å². The van der Waals surface area contributed by atoms with Gasteiger partial charge < -0.3 is 9.64 Å². The van der Waals surface area contributed by atoms with E-state index in [1.165, 1.54) is 4.88 Å². The summed E-state index contributed by atoms with van der Waals surface area (Å²) >= 11 is 1.81. The van der Waals surface area contributed by atoms with Crippen molar-refractivity contribution in [3.63, 3.8) is 0 Å². The molecule has 1 spiro atoms. The number of likely N-dealkylation sites (tertiary alicyclic amines) is 2. The standard InChI is InChI=1S/C18H26N2O2S/c1-13(2)20-7-4-6-18(17(20)21)9-14-10-19(12-16(18)22-14)11-15-5-3-8-23-15/h3,5,8,13-14,16H,4,6-7,9-12H2,1-2H3/t14?,16?,18-/m0/s1. The van der Waals surface area contributed by atoms with Crippen LogP contribution in [0.2, 0.25) is 0 Å². The molecule has 4 rings (SSSR count). The highest BCUT2D eigenvalue weighted by Gasteiger charge is 2.58. The summed E-state index contributed by atoms with van der Waals surface area (Å²) in [7, 11) is 0. The van der Waals surface area contributed by atoms with Crippen molar-refractivity contribution in [1.29, 1.82) is 0 Å². The molecule has 4 nitrogen and oxygen atoms in total. The van der Waals surface area contributed by atoms with Crippen molar-refractivity contribution < 1.29 is 9.53 Å². The molecule has 2 unspecified atom stereocenters. The van der Waals surface area contributed by atoms with Crippen LogP contribution in [-0.2, 0) is 16.1 Å². The fourth-order valence-electron chi connectivity index (χ4n) is 4.66. The topological polar surface area (TPSA) is 32.8 Å². The molecule has 1 aromatic heterocycles. The summed E-state index contributed by atoms with van der Waals surface area (Å²) in [6, 6.07) is 4.61. The quantitative estimate of drug-likeness (QED) is 0.852. The first-order chi connectivity index (χ1) is 11.1. The number of hydrogen-bond acceptors (Lipinski definition) is 4. The molecule has 5 heteroatoms. The number of thiophene rings is 1. The Labute approximate surface area is 142 Å². The summed E-state index contributed by atoms with van der Waals surface area (Å²) in [4.78, 5) is 19.2. The largest absolute Gasteiger partial charge is 0.371 e. The van der Waals surface area contributed by atoms with Gasteiger partial charge in [0.05, 0.1) is 17.6 Å². The Kier molecular flexibility index (Phi) is 3.98. The number of rotatable bonds is 3. The molecule has 1 amide bonds. The van der Waals surface area contributed by atoms with Crippen LogP contribution in [0, 0.1) is 5.41 Å². The molecule has 1 aromatic rings. The van der Waals surface area contributed by atoms with Crippen molar-refractivity contribution in [1.82, 2.24) is 9.80 Å². The van der Waals surface area contributed by atoms with Gasteiger partial charge in [-0.3, -0.25) is 9.69 Å². The van der Waals surface area contributed by atoms with E-state index in [1.807, 2.05) is 11.3 Å². The van der Waals surface area contributed by atoms with Crippen LogP contribution in [0.5, 0.6) is 0 Å². The van der Waals surface area contributed by atoms with Gasteiger partial charge in [0, 0.05) is 37.1 Å². The Morgan fingerprint density at radius 2 is 2.30 bits per heavy atom. The third-order valence-electron chi connectivity index (χ3n) is 5.74. The van der Waals surface area contributed by atoms with Gasteiger partial charge in [0.15, 0.2) is 0 Å². The maximum atomic E-state index is 13.2. The summed E-state index contributed by atoms with van der Waals surface area (Å²) in [5, 5.41) is 2.14. The monoisotopic (exact) mass is 334 g/mol. The van der Waals surface area contributed by atoms with Gasteiger partial charge in [-0.2, -0.15) is 0 Å². The second-order valence-corrected chi connectivity index (χ2v) is 8.61. The number of amides is 1. The Morgan fingerprint density at radius 1 is 1.43 bits per heavy atom. The molecule has 23 heavy (non-hydrogen) atoms. The SMILES string of the molecule is CC(C)N1CCC[C@@]2(CC3CN(Cc4cccs4)CC2O3)C1=O. The highest BCUT2D eigenvalue weighted by atomic mass is 32.1. The lowest BCUT2D eigenvalue weighted by Crippen LogP contribution is -2.56. The average Bonchev–Trinajstić information content (AvgIpc) is 3.09. The number of piperidine rings is 1. The highest BCUT2D eigenvalue weighted by Crippen LogP contribution is 2.49. The van der Waals surface area contributed by atoms with Gasteiger partial charge in [0.25, 0.3) is 0 Å². The summed E-state index contributed by atoms with van der Waals surface area (Å²) in [6.07, 6.45) is 3.34. The van der Waals surface area contributed by atoms with Crippen molar-refractivity contribution in [2.75, 3.05) is 19.6 Å². The number of morpholine rings is 1. The zero-order valence-electron chi connectivity index (χ0n) is 14.0. The highest BCUT2D eigenvalue weighted by molar-refractivity contribution is 7.09. The van der Waals surface area contributed by atoms with Gasteiger partial charge in [-0.05, 0) is 44.6 Å². The lowest BCUT2D eigenvalue weighted by molar-refractivity contribution is -0.155. The van der Waals surface area contributed by atoms with Gasteiger partial charge in [-0.1, -0.05) is 6.07 Å². The predicted molar refractivity (Wildman–Crippen MR) is 91.4 cm³/mol. The van der Waals surface area contributed by atoms with Gasteiger partial charge in [-0.25, -0.2) is 0 Å². The van der Waals surface area contributed by atoms with E-state index in [2.05, 4.69) is 41.2 Å². The Morgan fingerprint density at radius 3 is 3.04 bits per heavy atom. The smallest absolute Gasteiger partial charge is 0.231 e. The van der Waals surface area contributed by atoms with Crippen molar-refractivity contribution in [3.8, 4) is 0 Å². The van der Waals surface area contributed by atoms with Crippen molar-refractivity contribution in [2.45, 2.75) is 57.9 Å². The summed E-state index contributed by atoms with van der Waals surface area (Å²) < 4.78 is 6.25. The van der Waals surface area contributed by atoms with Crippen molar-refractivity contribution in [3.05, 3.63) is 22.4 Å². The minimum atomic E-state index is -0.253. The van der Waals surface area contributed by atoms with Crippen LogP contribution in [0.3, 0.4) is 0 Å². The molecule has 126 valence electrons. The minimum Gasteiger partial charge on any atom is -0.371 e. The molecule has 4 heterocycles. The molecule has 3 aliphatic heterocycles. The molecule has 3 saturated heterocycles. The second kappa shape index (κ2) is 5.87. The molecule has 0 N–H and O–H groups in total. The zero-order chi connectivity index (χ0) is 16.0. The number of carbonyl (C=O) groups excluding carboxylic acids is 1. The molecule has 0 saturated carbocycles. The number of carbonyl (C=O) groups is 1. The number of ether oxygens (including phenoxy) is 1. The first-order valence-corrected chi connectivity index (χ1v) is 9.68. The van der Waals surface area contributed by atoms with Gasteiger partial charge in [0.1, 0.15) is 0 Å². The van der Waals surface area contributed by atoms with Crippen LogP contribution in [-0.4, -0.2) is 53.6 Å². The first kappa shape index (κ1) is 15.6. The third-order valence-corrected chi connectivity index (χ3v) is 6.60. The molecule has 3 atom stereocenters. The molecular weight excluding hydrogens is 308 g/mol. The molecular formula is C18H26N2O2S. The number of fused-ring (bicyclic) bond motifs is 3. The molecule has 0 radical (unpaired) electrons. The van der Waals surface area contributed by atoms with Crippen LogP contribution in [0.25, 0.3) is 0 Å². The van der Waals surface area contributed by atoms with E-state index < -0.39 is 0 Å². The van der Waals surface area contributed by atoms with Crippen LogP contribution < -0.4 is 0 Å². The third kappa shape index (κ3) is 2.63. The van der Waals surface area contributed by atoms with Gasteiger partial charge >= 0.3 is 0 Å². The molecule has 3 aliphatic rings. The maximum absolute atomic E-state index is 13.2. The lowest BCUT2D eigenvalue weighted by Gasteiger charge is -2.44. The average molecular weight is 334 g/mol. The number of hydrogen-bond donors (Lipinski definition) is 0. The van der Waals surface area contributed by atoms with E-state index >= 15 is 0 Å². The summed E-state index contributed by atoms with van der Waals surface area (Å²) in [5.41, 5.74) is -0.253. The zero-order valence-corrected chi connectivity index (χ0v) is 14.8. The van der Waals surface area contributed by atoms with E-state index in [-0.39, 0.29) is 17.6 Å². The summed E-state index contributed by atoms with van der Waals surface area (Å²) in [5.74, 6) is 0.351. The molecule has 0 aliphatic carbocycles. The number of nitrogens with zero attached hydrogens (tertiary/aromatic N) is 2. The van der Waals surface area contributed by atoms with E-state index in [0.29, 0.717) is 11.9 Å². The maximum Gasteiger partial charge on any atom is 0.231 e. The van der Waals surface area contributed by atoms with E-state index in [0.717, 1.165) is 45.4 Å². The van der Waals surface area contributed by atoms with Crippen LogP contribution in [0.1, 0.15) is 38.0 Å². The van der Waals surface area contributed by atoms with Crippen LogP contribution in [0.4, 0.5) is 0 Å². The fraction of sp³-hybridized carbons (Fsp3) is 0.722. The molecule has 0 aromatic carbocycles. The second-order valence-electron chi connectivity index (χ2n) is 7.58. The van der Waals surface area contributed by atoms with E-state index in [4.69, 9.17) is 4.74 Å². The Balaban J connectivity index is 1.52. The first-order valence-electron chi connectivity index (χ1n) is 8.80. The van der Waals surface area contributed by atoms with Crippen LogP contribution in [0.15, 0.2) is 17.5 Å². The lowest BCUT2D eigenvalue weighted by atomic mass is 9.72. The molecule has 2 bridgehead atoms. The Hall–Kier alpha value is -0.910. The van der Waals surface area contributed by atoms with Crippen LogP contribution >= 0.6 is 11.3 Å². The van der Waals surface area contributed by atoms with Gasteiger partial charge in [0.2, 0.25) is 5.91 Å². The van der Waals surface area contributed by atoms with Gasteiger partial charge in [-0.15, -0.1) is 11.3 Å². The van der Waals surface area contributed by atoms with Crippen molar-refractivity contribution in [2.24, 2.45) is 5.41 Å². The summed E-state index contributed by atoms with van der Waals surface area (Å²) in [6.45, 7) is 8.02. The van der Waals surface area contributed by atoms with Crippen molar-refractivity contribution >= 4 is 17.2 Å². The normalized spacial score (nSPS) is 34.7. The fourth-order valence-corrected chi connectivity index (χ4v) is 5.41. The predicted octanol–water partition coefficient (Wildman–Crippen LogP) is 2.74. The van der Waals surface area contributed by atoms with E-state index in [1.54, 1.807) is 0 Å².